The summed E-state index contributed by atoms with van der Waals surface area (Å²) in [5.41, 5.74) is 0. The minimum absolute atomic E-state index is 0. The summed E-state index contributed by atoms with van der Waals surface area (Å²) in [6.45, 7) is 1.93. The van der Waals surface area contributed by atoms with Gasteiger partial charge in [0.2, 0.25) is 0 Å². The van der Waals surface area contributed by atoms with Crippen LogP contribution in [0.4, 0.5) is 0 Å². The molecule has 0 atom stereocenters. The minimum atomic E-state index is 0. The van der Waals surface area contributed by atoms with Crippen LogP contribution in [0.25, 0.3) is 0 Å². The maximum Gasteiger partial charge on any atom is 0.0402 e. The van der Waals surface area contributed by atoms with Gasteiger partial charge in [-0.05, 0) is 6.92 Å². The van der Waals surface area contributed by atoms with E-state index < -0.39 is 0 Å². The molecule has 0 rings (SSSR count). The fourth-order valence-electron chi connectivity index (χ4n) is 0. The Bertz CT molecular complexity index is 6.00. The van der Waals surface area contributed by atoms with E-state index in [0.29, 0.717) is 0 Å². The van der Waals surface area contributed by atoms with Gasteiger partial charge in [-0.25, -0.2) is 0 Å². The first kappa shape index (κ1) is 8.85. The van der Waals surface area contributed by atoms with Crippen molar-refractivity contribution in [1.29, 1.82) is 0 Å². The number of aliphatic hydroxyl groups is 1. The monoisotopic (exact) mass is 161 g/mol. The average Bonchev–Trinajstić information content (AvgIpc) is 0.918. The molecule has 0 aromatic carbocycles. The maximum absolute atomic E-state index is 7.57. The Morgan fingerprint density at radius 3 is 1.75 bits per heavy atom. The molecule has 0 saturated heterocycles. The third-order valence-electron chi connectivity index (χ3n) is 0. The van der Waals surface area contributed by atoms with Gasteiger partial charge in [0.15, 0.2) is 0 Å². The molecule has 4 heavy (non-hydrogen) atoms. The molecular weight excluding hydrogens is 155 g/mol. The molecule has 1 nitrogen and oxygen atoms in total. The Kier molecular flexibility index (Phi) is 20.3. The summed E-state index contributed by atoms with van der Waals surface area (Å²) in [4.78, 5) is 0. The van der Waals surface area contributed by atoms with E-state index in [-0.39, 0.29) is 32.5 Å². The van der Waals surface area contributed by atoms with Gasteiger partial charge in [-0.15, -0.1) is 0 Å². The second-order valence-corrected chi connectivity index (χ2v) is 0.316. The maximum atomic E-state index is 7.57. The molecule has 0 fully saturated rings. The summed E-state index contributed by atoms with van der Waals surface area (Å²) in [7, 11) is 0. The molecule has 3 radical (unpaired) electrons. The van der Waals surface area contributed by atoms with Crippen molar-refractivity contribution in [3.8, 4) is 0 Å². The summed E-state index contributed by atoms with van der Waals surface area (Å²) >= 11 is 0. The Hall–Kier alpha value is 0.830. The molecule has 0 amide bonds. The molecule has 2 heteroatoms. The van der Waals surface area contributed by atoms with Crippen LogP contribution in [0.2, 0.25) is 0 Å². The first-order chi connectivity index (χ1) is 1.41. The predicted octanol–water partition coefficient (Wildman–Crippen LogP) is -0.382. The second kappa shape index (κ2) is 9.16. The van der Waals surface area contributed by atoms with Crippen LogP contribution in [-0.4, -0.2) is 37.6 Å². The van der Waals surface area contributed by atoms with Crippen LogP contribution < -0.4 is 0 Å². The zero-order chi connectivity index (χ0) is 2.71. The summed E-state index contributed by atoms with van der Waals surface area (Å²) in [5.74, 6) is 0. The van der Waals surface area contributed by atoms with Crippen LogP contribution in [0, 0.1) is 0 Å². The van der Waals surface area contributed by atoms with Crippen LogP contribution in [-0.2, 0) is 0 Å². The molecule has 0 aliphatic rings. The fourth-order valence-corrected chi connectivity index (χ4v) is 0. The van der Waals surface area contributed by atoms with Crippen molar-refractivity contribution >= 4 is 25.8 Å². The number of hydrogen-bond donors (Lipinski definition) is 1. The summed E-state index contributed by atoms with van der Waals surface area (Å²) in [5, 5.41) is 7.57. The van der Waals surface area contributed by atoms with Gasteiger partial charge in [-0.1, -0.05) is 0 Å². The van der Waals surface area contributed by atoms with Crippen LogP contribution in [0.3, 0.4) is 0 Å². The molecule has 1 N–H and O–H groups in total. The molecule has 0 unspecified atom stereocenters. The number of hydrogen-bond acceptors (Lipinski definition) is 1. The largest absolute Gasteiger partial charge is 0.397 e. The predicted molar refractivity (Wildman–Crippen MR) is 18.5 cm³/mol. The van der Waals surface area contributed by atoms with Crippen molar-refractivity contribution in [2.24, 2.45) is 0 Å². The molecule has 0 aromatic rings. The van der Waals surface area contributed by atoms with Gasteiger partial charge in [0, 0.05) is 32.5 Å². The zero-order valence-electron chi connectivity index (χ0n) is 2.73. The number of rotatable bonds is 0. The first-order valence-corrected chi connectivity index (χ1v) is 1.02. The molecule has 0 spiro atoms. The molecule has 0 aromatic heterocycles. The van der Waals surface area contributed by atoms with E-state index in [1.165, 1.54) is 0 Å². The average molecular weight is 161 g/mol. The smallest absolute Gasteiger partial charge is 0.0402 e. The van der Waals surface area contributed by atoms with Gasteiger partial charge < -0.3 is 5.11 Å². The van der Waals surface area contributed by atoms with E-state index in [4.69, 9.17) is 5.11 Å². The third kappa shape index (κ3) is 13.8. The van der Waals surface area contributed by atoms with E-state index in [2.05, 4.69) is 0 Å². The first-order valence-electron chi connectivity index (χ1n) is 1.02. The summed E-state index contributed by atoms with van der Waals surface area (Å²) < 4.78 is 0. The normalized spacial score (nSPS) is 4.50. The Morgan fingerprint density at radius 1 is 1.75 bits per heavy atom. The molecule has 0 aliphatic heterocycles. The van der Waals surface area contributed by atoms with E-state index >= 15 is 0 Å². The Balaban J connectivity index is 0. The second-order valence-electron chi connectivity index (χ2n) is 0.316. The van der Waals surface area contributed by atoms with Gasteiger partial charge in [-0.3, -0.25) is 0 Å². The van der Waals surface area contributed by atoms with Gasteiger partial charge >= 0.3 is 0 Å². The molecule has 23 valence electrons. The van der Waals surface area contributed by atoms with Crippen molar-refractivity contribution in [1.82, 2.24) is 0 Å². The third-order valence-corrected chi connectivity index (χ3v) is 0. The van der Waals surface area contributed by atoms with Gasteiger partial charge in [0.25, 0.3) is 0 Å². The fraction of sp³-hybridized carbons (Fsp3) is 1.00. The van der Waals surface area contributed by atoms with Crippen molar-refractivity contribution in [3.63, 3.8) is 0 Å². The summed E-state index contributed by atoms with van der Waals surface area (Å²) in [6, 6.07) is 0. The zero-order valence-corrected chi connectivity index (χ0v) is 6.03. The van der Waals surface area contributed by atoms with Crippen molar-refractivity contribution < 1.29 is 5.11 Å². The van der Waals surface area contributed by atoms with Crippen molar-refractivity contribution in [2.45, 2.75) is 6.92 Å². The molecule has 0 aliphatic carbocycles. The van der Waals surface area contributed by atoms with E-state index in [1.54, 1.807) is 6.92 Å². The molecule has 0 saturated carbocycles. The Labute approximate surface area is 44.8 Å². The van der Waals surface area contributed by atoms with Crippen molar-refractivity contribution in [3.05, 3.63) is 0 Å². The van der Waals surface area contributed by atoms with Gasteiger partial charge in [-0.2, -0.15) is 0 Å². The quantitative estimate of drug-likeness (QED) is 0.513. The summed E-state index contributed by atoms with van der Waals surface area (Å²) in [6.07, 6.45) is 0. The van der Waals surface area contributed by atoms with Crippen LogP contribution in [0.1, 0.15) is 6.92 Å². The number of aliphatic hydroxyl groups excluding tert-OH is 1. The van der Waals surface area contributed by atoms with E-state index in [0.717, 1.165) is 0 Å². The van der Waals surface area contributed by atoms with Gasteiger partial charge in [0.1, 0.15) is 0 Å². The SMILES string of the molecule is CCO.[In]. The van der Waals surface area contributed by atoms with E-state index in [1.807, 2.05) is 0 Å². The minimum Gasteiger partial charge on any atom is -0.397 e. The van der Waals surface area contributed by atoms with Gasteiger partial charge in [0.05, 0.1) is 0 Å². The topological polar surface area (TPSA) is 20.2 Å². The van der Waals surface area contributed by atoms with Crippen LogP contribution in [0.5, 0.6) is 0 Å². The molecule has 0 heterocycles. The van der Waals surface area contributed by atoms with Crippen LogP contribution in [0.15, 0.2) is 0 Å². The van der Waals surface area contributed by atoms with E-state index in [9.17, 15) is 0 Å². The Morgan fingerprint density at radius 2 is 1.75 bits per heavy atom. The molecular formula is C2H6InO. The van der Waals surface area contributed by atoms with Crippen molar-refractivity contribution in [2.75, 3.05) is 6.61 Å². The molecule has 0 bridgehead atoms. The standard InChI is InChI=1S/C2H6O.In/c1-2-3;/h3H,2H2,1H3;. The van der Waals surface area contributed by atoms with Crippen LogP contribution >= 0.6 is 0 Å².